The maximum Gasteiger partial charge on any atom is 0.323 e. The van der Waals surface area contributed by atoms with Gasteiger partial charge in [-0.05, 0) is 37.8 Å². The Balaban J connectivity index is 1.66. The lowest BCUT2D eigenvalue weighted by Gasteiger charge is -2.35. The van der Waals surface area contributed by atoms with Crippen molar-refractivity contribution < 1.29 is 19.5 Å². The first-order chi connectivity index (χ1) is 13.0. The fourth-order valence-electron chi connectivity index (χ4n) is 3.96. The molecule has 27 heavy (non-hydrogen) atoms. The number of aliphatic carboxylic acids is 1. The number of carbonyl (C=O) groups excluding carboxylic acids is 2. The minimum Gasteiger partial charge on any atom is -0.480 e. The van der Waals surface area contributed by atoms with Crippen molar-refractivity contribution in [1.82, 2.24) is 10.2 Å². The molecule has 0 bridgehead atoms. The van der Waals surface area contributed by atoms with E-state index in [0.29, 0.717) is 25.2 Å². The molecule has 1 aliphatic carbocycles. The predicted octanol–water partition coefficient (Wildman–Crippen LogP) is 2.47. The van der Waals surface area contributed by atoms with Gasteiger partial charge in [0.1, 0.15) is 6.54 Å². The van der Waals surface area contributed by atoms with Gasteiger partial charge in [-0.2, -0.15) is 0 Å². The van der Waals surface area contributed by atoms with Crippen LogP contribution in [0.5, 0.6) is 0 Å². The van der Waals surface area contributed by atoms with Crippen LogP contribution >= 0.6 is 0 Å². The summed E-state index contributed by atoms with van der Waals surface area (Å²) < 4.78 is 0. The first-order valence-corrected chi connectivity index (χ1v) is 9.68. The molecule has 2 N–H and O–H groups in total. The molecule has 7 heteroatoms. The Bertz CT molecular complexity index is 673. The molecule has 0 aromatic heterocycles. The number of nitrogens with zero attached hydrogens (tertiary/aromatic N) is 2. The summed E-state index contributed by atoms with van der Waals surface area (Å²) in [6.45, 7) is 0.584. The maximum absolute atomic E-state index is 13.1. The largest absolute Gasteiger partial charge is 0.480 e. The molecule has 0 spiro atoms. The van der Waals surface area contributed by atoms with Gasteiger partial charge >= 0.3 is 12.0 Å². The van der Waals surface area contributed by atoms with Crippen LogP contribution in [0.2, 0.25) is 0 Å². The number of para-hydroxylation sites is 1. The van der Waals surface area contributed by atoms with Crippen molar-refractivity contribution in [2.45, 2.75) is 44.6 Å². The molecule has 1 aromatic carbocycles. The van der Waals surface area contributed by atoms with Gasteiger partial charge in [-0.1, -0.05) is 31.0 Å². The zero-order chi connectivity index (χ0) is 19.2. The minimum atomic E-state index is -1.06. The molecule has 1 aromatic rings. The van der Waals surface area contributed by atoms with Crippen LogP contribution in [0.25, 0.3) is 0 Å². The molecular formula is C20H27N3O4. The Morgan fingerprint density at radius 3 is 2.44 bits per heavy atom. The summed E-state index contributed by atoms with van der Waals surface area (Å²) >= 11 is 0. The summed E-state index contributed by atoms with van der Waals surface area (Å²) in [6, 6.07) is 8.97. The number of carboxylic acid groups (broad SMARTS) is 1. The van der Waals surface area contributed by atoms with Gasteiger partial charge < -0.3 is 20.2 Å². The van der Waals surface area contributed by atoms with Crippen molar-refractivity contribution in [2.24, 2.45) is 5.92 Å². The Hall–Kier alpha value is -2.57. The molecule has 2 aliphatic rings. The van der Waals surface area contributed by atoms with Crippen LogP contribution in [0.4, 0.5) is 10.5 Å². The molecular weight excluding hydrogens is 346 g/mol. The number of nitrogens with one attached hydrogen (secondary N) is 1. The normalized spacial score (nSPS) is 20.3. The van der Waals surface area contributed by atoms with E-state index >= 15 is 0 Å². The topological polar surface area (TPSA) is 90.0 Å². The fourth-order valence-corrected chi connectivity index (χ4v) is 3.96. The second kappa shape index (κ2) is 8.88. The smallest absolute Gasteiger partial charge is 0.323 e. The highest BCUT2D eigenvalue weighted by molar-refractivity contribution is 5.99. The molecule has 2 fully saturated rings. The van der Waals surface area contributed by atoms with E-state index in [4.69, 9.17) is 0 Å². The SMILES string of the molecule is O=C(O)CN(C(=O)C1CCCN(C(=O)NC2CCCC2)C1)c1ccccc1. The summed E-state index contributed by atoms with van der Waals surface area (Å²) in [5, 5.41) is 12.3. The van der Waals surface area contributed by atoms with Gasteiger partial charge in [-0.15, -0.1) is 0 Å². The number of rotatable bonds is 5. The van der Waals surface area contributed by atoms with Crippen molar-refractivity contribution in [3.8, 4) is 0 Å². The quantitative estimate of drug-likeness (QED) is 0.830. The summed E-state index contributed by atoms with van der Waals surface area (Å²) in [6.07, 6.45) is 5.73. The Morgan fingerprint density at radius 1 is 1.07 bits per heavy atom. The molecule has 1 saturated heterocycles. The number of hydrogen-bond donors (Lipinski definition) is 2. The third-order valence-corrected chi connectivity index (χ3v) is 5.37. The lowest BCUT2D eigenvalue weighted by molar-refractivity contribution is -0.137. The van der Waals surface area contributed by atoms with Gasteiger partial charge in [-0.25, -0.2) is 4.79 Å². The molecule has 1 unspecified atom stereocenters. The van der Waals surface area contributed by atoms with Crippen LogP contribution in [0.3, 0.4) is 0 Å². The van der Waals surface area contributed by atoms with Crippen molar-refractivity contribution in [2.75, 3.05) is 24.5 Å². The zero-order valence-electron chi connectivity index (χ0n) is 15.5. The number of benzene rings is 1. The number of urea groups is 1. The van der Waals surface area contributed by atoms with Crippen molar-refractivity contribution in [3.05, 3.63) is 30.3 Å². The highest BCUT2D eigenvalue weighted by Gasteiger charge is 2.33. The van der Waals surface area contributed by atoms with Crippen LogP contribution < -0.4 is 10.2 Å². The molecule has 3 amide bonds. The molecule has 1 saturated carbocycles. The van der Waals surface area contributed by atoms with Crippen LogP contribution in [0, 0.1) is 5.92 Å². The Kier molecular flexibility index (Phi) is 6.32. The van der Waals surface area contributed by atoms with E-state index in [1.54, 1.807) is 29.2 Å². The molecule has 0 radical (unpaired) electrons. The minimum absolute atomic E-state index is 0.108. The lowest BCUT2D eigenvalue weighted by atomic mass is 9.96. The molecule has 1 atom stereocenters. The van der Waals surface area contributed by atoms with E-state index in [1.165, 1.54) is 4.90 Å². The van der Waals surface area contributed by atoms with E-state index in [9.17, 15) is 19.5 Å². The van der Waals surface area contributed by atoms with Gasteiger partial charge in [0.05, 0.1) is 5.92 Å². The third kappa shape index (κ3) is 4.99. The van der Waals surface area contributed by atoms with E-state index in [-0.39, 0.29) is 30.4 Å². The first-order valence-electron chi connectivity index (χ1n) is 9.68. The maximum atomic E-state index is 13.1. The number of carboxylic acids is 1. The summed E-state index contributed by atoms with van der Waals surface area (Å²) in [7, 11) is 0. The average Bonchev–Trinajstić information content (AvgIpc) is 3.19. The number of anilines is 1. The predicted molar refractivity (Wildman–Crippen MR) is 102 cm³/mol. The molecule has 7 nitrogen and oxygen atoms in total. The number of likely N-dealkylation sites (tertiary alicyclic amines) is 1. The Labute approximate surface area is 159 Å². The monoisotopic (exact) mass is 373 g/mol. The molecule has 1 heterocycles. The van der Waals surface area contributed by atoms with Gasteiger partial charge in [0, 0.05) is 24.8 Å². The molecule has 146 valence electrons. The molecule has 3 rings (SSSR count). The summed E-state index contributed by atoms with van der Waals surface area (Å²) in [4.78, 5) is 39.9. The summed E-state index contributed by atoms with van der Waals surface area (Å²) in [5.41, 5.74) is 0.567. The van der Waals surface area contributed by atoms with E-state index in [0.717, 1.165) is 32.1 Å². The molecule has 1 aliphatic heterocycles. The zero-order valence-corrected chi connectivity index (χ0v) is 15.5. The van der Waals surface area contributed by atoms with Crippen molar-refractivity contribution in [3.63, 3.8) is 0 Å². The van der Waals surface area contributed by atoms with Crippen LogP contribution in [-0.4, -0.2) is 53.6 Å². The van der Waals surface area contributed by atoms with Crippen LogP contribution in [0.15, 0.2) is 30.3 Å². The van der Waals surface area contributed by atoms with E-state index in [1.807, 2.05) is 6.07 Å². The Morgan fingerprint density at radius 2 is 1.78 bits per heavy atom. The first kappa shape index (κ1) is 19.2. The van der Waals surface area contributed by atoms with E-state index in [2.05, 4.69) is 5.32 Å². The second-order valence-electron chi connectivity index (χ2n) is 7.37. The van der Waals surface area contributed by atoms with Crippen molar-refractivity contribution >= 4 is 23.6 Å². The number of carbonyl (C=O) groups is 3. The number of piperidine rings is 1. The van der Waals surface area contributed by atoms with Gasteiger partial charge in [0.2, 0.25) is 5.91 Å². The summed E-state index contributed by atoms with van der Waals surface area (Å²) in [5.74, 6) is -1.67. The van der Waals surface area contributed by atoms with Crippen LogP contribution in [0.1, 0.15) is 38.5 Å². The third-order valence-electron chi connectivity index (χ3n) is 5.37. The highest BCUT2D eigenvalue weighted by Crippen LogP contribution is 2.24. The standard InChI is InChI=1S/C20H27N3O4/c24-18(25)14-23(17-10-2-1-3-11-17)19(26)15-7-6-12-22(13-15)20(27)21-16-8-4-5-9-16/h1-3,10-11,15-16H,4-9,12-14H2,(H,21,27)(H,24,25). The van der Waals surface area contributed by atoms with Crippen LogP contribution in [-0.2, 0) is 9.59 Å². The van der Waals surface area contributed by atoms with E-state index < -0.39 is 5.97 Å². The highest BCUT2D eigenvalue weighted by atomic mass is 16.4. The number of amides is 3. The van der Waals surface area contributed by atoms with Gasteiger partial charge in [0.15, 0.2) is 0 Å². The fraction of sp³-hybridized carbons (Fsp3) is 0.550. The van der Waals surface area contributed by atoms with Gasteiger partial charge in [-0.3, -0.25) is 9.59 Å². The van der Waals surface area contributed by atoms with Gasteiger partial charge in [0.25, 0.3) is 0 Å². The average molecular weight is 373 g/mol. The van der Waals surface area contributed by atoms with Crippen molar-refractivity contribution in [1.29, 1.82) is 0 Å². The lowest BCUT2D eigenvalue weighted by Crippen LogP contribution is -2.51. The number of hydrogen-bond acceptors (Lipinski definition) is 3. The second-order valence-corrected chi connectivity index (χ2v) is 7.37.